The number of aliphatic hydroxyl groups is 2. The highest BCUT2D eigenvalue weighted by Gasteiger charge is 2.45. The van der Waals surface area contributed by atoms with E-state index >= 15 is 0 Å². The number of rotatable bonds is 5. The van der Waals surface area contributed by atoms with Crippen LogP contribution in [0.25, 0.3) is 11.2 Å². The molecule has 0 aliphatic carbocycles. The van der Waals surface area contributed by atoms with E-state index in [4.69, 9.17) is 14.5 Å². The first-order chi connectivity index (χ1) is 11.7. The highest BCUT2D eigenvalue weighted by atomic mass is 31.2. The van der Waals surface area contributed by atoms with Crippen LogP contribution in [-0.2, 0) is 20.5 Å². The Hall–Kier alpha value is -1.73. The van der Waals surface area contributed by atoms with Gasteiger partial charge in [0.1, 0.15) is 30.8 Å². The van der Waals surface area contributed by atoms with Crippen molar-refractivity contribution >= 4 is 19.0 Å². The first-order valence-electron chi connectivity index (χ1n) is 6.94. The van der Waals surface area contributed by atoms with E-state index in [1.807, 2.05) is 0 Å². The average Bonchev–Trinajstić information content (AvgIpc) is 3.08. The SMILES string of the molecule is O=c1[nH]c(CF)nc2c1ncn2[C@@H]1O[C@H](COP(=O)(O)O)[C@@H](O)[C@H]1O. The van der Waals surface area contributed by atoms with Gasteiger partial charge >= 0.3 is 7.82 Å². The monoisotopic (exact) mass is 380 g/mol. The Morgan fingerprint density at radius 3 is 2.76 bits per heavy atom. The van der Waals surface area contributed by atoms with Crippen LogP contribution in [0.4, 0.5) is 4.39 Å². The number of fused-ring (bicyclic) bond motifs is 1. The molecule has 0 aromatic carbocycles. The Morgan fingerprint density at radius 2 is 2.12 bits per heavy atom. The Bertz CT molecular complexity index is 881. The van der Waals surface area contributed by atoms with Crippen molar-refractivity contribution in [1.82, 2.24) is 19.5 Å². The average molecular weight is 380 g/mol. The van der Waals surface area contributed by atoms with E-state index in [2.05, 4.69) is 19.5 Å². The van der Waals surface area contributed by atoms with Gasteiger partial charge in [-0.05, 0) is 0 Å². The van der Waals surface area contributed by atoms with Crippen molar-refractivity contribution in [2.75, 3.05) is 6.61 Å². The highest BCUT2D eigenvalue weighted by Crippen LogP contribution is 2.38. The molecule has 1 aliphatic heterocycles. The van der Waals surface area contributed by atoms with Crippen LogP contribution in [0.1, 0.15) is 12.1 Å². The number of imidazole rings is 1. The fraction of sp³-hybridized carbons (Fsp3) is 0.545. The lowest BCUT2D eigenvalue weighted by Crippen LogP contribution is -2.33. The van der Waals surface area contributed by atoms with Crippen LogP contribution >= 0.6 is 7.82 Å². The molecule has 3 heterocycles. The molecule has 2 aromatic heterocycles. The first-order valence-corrected chi connectivity index (χ1v) is 8.47. The van der Waals surface area contributed by atoms with E-state index in [-0.39, 0.29) is 17.0 Å². The van der Waals surface area contributed by atoms with Gasteiger partial charge in [0.25, 0.3) is 5.56 Å². The van der Waals surface area contributed by atoms with Crippen molar-refractivity contribution in [3.8, 4) is 0 Å². The number of nitrogens with one attached hydrogen (secondary N) is 1. The van der Waals surface area contributed by atoms with E-state index in [0.717, 1.165) is 10.9 Å². The molecule has 2 aromatic rings. The number of aromatic amines is 1. The number of phosphoric ester groups is 1. The van der Waals surface area contributed by atoms with Crippen molar-refractivity contribution in [2.45, 2.75) is 31.2 Å². The van der Waals surface area contributed by atoms with Gasteiger partial charge in [0.2, 0.25) is 0 Å². The minimum absolute atomic E-state index is 0.0794. The maximum Gasteiger partial charge on any atom is 0.469 e. The summed E-state index contributed by atoms with van der Waals surface area (Å²) in [7, 11) is -4.79. The summed E-state index contributed by atoms with van der Waals surface area (Å²) in [6.45, 7) is -1.72. The minimum atomic E-state index is -4.79. The molecular weight excluding hydrogens is 366 g/mol. The molecule has 0 saturated carbocycles. The third-order valence-electron chi connectivity index (χ3n) is 3.63. The number of phosphoric acid groups is 1. The van der Waals surface area contributed by atoms with Gasteiger partial charge in [-0.1, -0.05) is 0 Å². The molecule has 1 fully saturated rings. The lowest BCUT2D eigenvalue weighted by atomic mass is 10.1. The maximum absolute atomic E-state index is 12.8. The number of nitrogens with zero attached hydrogens (tertiary/aromatic N) is 3. The molecule has 1 aliphatic rings. The summed E-state index contributed by atoms with van der Waals surface area (Å²) in [4.78, 5) is 39.1. The van der Waals surface area contributed by atoms with Crippen LogP contribution in [0.5, 0.6) is 0 Å². The molecule has 0 unspecified atom stereocenters. The van der Waals surface area contributed by atoms with Crippen LogP contribution < -0.4 is 5.56 Å². The van der Waals surface area contributed by atoms with Gasteiger partial charge in [-0.3, -0.25) is 13.9 Å². The summed E-state index contributed by atoms with van der Waals surface area (Å²) in [6, 6.07) is 0. The number of aliphatic hydroxyl groups excluding tert-OH is 2. The number of H-pyrrole nitrogens is 1. The molecule has 14 heteroatoms. The fourth-order valence-corrected chi connectivity index (χ4v) is 2.83. The summed E-state index contributed by atoms with van der Waals surface area (Å²) in [6.07, 6.45) is -4.48. The number of hydrogen-bond acceptors (Lipinski definition) is 8. The summed E-state index contributed by atoms with van der Waals surface area (Å²) in [5.41, 5.74) is -0.896. The summed E-state index contributed by atoms with van der Waals surface area (Å²) < 4.78 is 34.3. The van der Waals surface area contributed by atoms with Gasteiger partial charge < -0.3 is 29.7 Å². The molecule has 0 amide bonds. The van der Waals surface area contributed by atoms with E-state index in [1.165, 1.54) is 0 Å². The van der Waals surface area contributed by atoms with Crippen LogP contribution in [0.2, 0.25) is 0 Å². The quantitative estimate of drug-likeness (QED) is 0.376. The van der Waals surface area contributed by atoms with Gasteiger partial charge in [-0.15, -0.1) is 0 Å². The second-order valence-electron chi connectivity index (χ2n) is 5.30. The number of hydrogen-bond donors (Lipinski definition) is 5. The smallest absolute Gasteiger partial charge is 0.387 e. The number of ether oxygens (including phenoxy) is 1. The predicted molar refractivity (Wildman–Crippen MR) is 76.9 cm³/mol. The molecule has 4 atom stereocenters. The lowest BCUT2D eigenvalue weighted by molar-refractivity contribution is -0.0504. The number of aromatic nitrogens is 4. The predicted octanol–water partition coefficient (Wildman–Crippen LogP) is -1.68. The Kier molecular flexibility index (Phi) is 4.72. The highest BCUT2D eigenvalue weighted by molar-refractivity contribution is 7.46. The third kappa shape index (κ3) is 3.48. The van der Waals surface area contributed by atoms with Crippen molar-refractivity contribution in [1.29, 1.82) is 0 Å². The number of alkyl halides is 1. The van der Waals surface area contributed by atoms with Crippen molar-refractivity contribution in [3.05, 3.63) is 22.5 Å². The van der Waals surface area contributed by atoms with E-state index < -0.39 is 51.2 Å². The lowest BCUT2D eigenvalue weighted by Gasteiger charge is -2.16. The van der Waals surface area contributed by atoms with E-state index in [9.17, 15) is 24.0 Å². The van der Waals surface area contributed by atoms with Gasteiger partial charge in [0.15, 0.2) is 17.4 Å². The number of halogens is 1. The second kappa shape index (κ2) is 6.53. The molecule has 138 valence electrons. The Labute approximate surface area is 138 Å². The summed E-state index contributed by atoms with van der Waals surface area (Å²) in [5, 5.41) is 20.1. The van der Waals surface area contributed by atoms with Gasteiger partial charge in [0.05, 0.1) is 12.9 Å². The Balaban J connectivity index is 1.91. The van der Waals surface area contributed by atoms with Crippen molar-refractivity contribution in [2.24, 2.45) is 0 Å². The maximum atomic E-state index is 12.8. The van der Waals surface area contributed by atoms with E-state index in [0.29, 0.717) is 0 Å². The zero-order valence-corrected chi connectivity index (χ0v) is 13.3. The van der Waals surface area contributed by atoms with Crippen LogP contribution in [0.15, 0.2) is 11.1 Å². The van der Waals surface area contributed by atoms with Crippen molar-refractivity contribution in [3.63, 3.8) is 0 Å². The Morgan fingerprint density at radius 1 is 1.40 bits per heavy atom. The second-order valence-corrected chi connectivity index (χ2v) is 6.54. The summed E-state index contributed by atoms with van der Waals surface area (Å²) >= 11 is 0. The van der Waals surface area contributed by atoms with Crippen LogP contribution in [0.3, 0.4) is 0 Å². The molecule has 0 bridgehead atoms. The van der Waals surface area contributed by atoms with Gasteiger partial charge in [-0.25, -0.2) is 18.9 Å². The zero-order valence-electron chi connectivity index (χ0n) is 12.4. The van der Waals surface area contributed by atoms with Crippen molar-refractivity contribution < 1.29 is 38.2 Å². The molecule has 0 spiro atoms. The van der Waals surface area contributed by atoms with Gasteiger partial charge in [-0.2, -0.15) is 0 Å². The largest absolute Gasteiger partial charge is 0.469 e. The first kappa shape index (κ1) is 18.1. The van der Waals surface area contributed by atoms with Crippen LogP contribution in [-0.4, -0.2) is 64.4 Å². The summed E-state index contributed by atoms with van der Waals surface area (Å²) in [5.74, 6) is -0.256. The third-order valence-corrected chi connectivity index (χ3v) is 4.11. The molecule has 1 saturated heterocycles. The van der Waals surface area contributed by atoms with E-state index in [1.54, 1.807) is 0 Å². The molecule has 0 radical (unpaired) electrons. The molecule has 25 heavy (non-hydrogen) atoms. The molecular formula is C11H14FN4O8P. The minimum Gasteiger partial charge on any atom is -0.387 e. The standard InChI is InChI=1S/C11H14FN4O8P/c12-1-5-14-9-6(10(19)15-5)13-3-16(9)11-8(18)7(17)4(24-11)2-23-25(20,21)22/h3-4,7-8,11,17-18H,1-2H2,(H,14,15,19)(H2,20,21,22)/t4-,7-,8-,11-/m1/s1. The fourth-order valence-electron chi connectivity index (χ4n) is 2.49. The topological polar surface area (TPSA) is 180 Å². The normalized spacial score (nSPS) is 27.2. The molecule has 12 nitrogen and oxygen atoms in total. The van der Waals surface area contributed by atoms with Crippen LogP contribution in [0, 0.1) is 0 Å². The molecule has 5 N–H and O–H groups in total. The van der Waals surface area contributed by atoms with Gasteiger partial charge in [0, 0.05) is 0 Å². The zero-order chi connectivity index (χ0) is 18.4. The molecule has 3 rings (SSSR count).